The molecule has 0 bridgehead atoms. The zero-order valence-corrected chi connectivity index (χ0v) is 14.1. The lowest BCUT2D eigenvalue weighted by atomic mass is 10.00. The Hall–Kier alpha value is -2.71. The fraction of sp³-hybridized carbons (Fsp3) is 0.0455. The molecule has 0 aliphatic rings. The van der Waals surface area contributed by atoms with E-state index in [0.717, 1.165) is 5.69 Å². The predicted molar refractivity (Wildman–Crippen MR) is 105 cm³/mol. The summed E-state index contributed by atoms with van der Waals surface area (Å²) in [5, 5.41) is 5.12. The van der Waals surface area contributed by atoms with Crippen molar-refractivity contribution >= 4 is 42.3 Å². The third kappa shape index (κ3) is 1.97. The second-order valence-corrected chi connectivity index (χ2v) is 7.22. The van der Waals surface area contributed by atoms with Crippen molar-refractivity contribution in [2.24, 2.45) is 0 Å². The van der Waals surface area contributed by atoms with Crippen LogP contribution in [0.3, 0.4) is 0 Å². The van der Waals surface area contributed by atoms with Gasteiger partial charge in [-0.15, -0.1) is 11.3 Å². The molecule has 2 heteroatoms. The highest BCUT2D eigenvalue weighted by atomic mass is 32.1. The molecule has 2 aromatic heterocycles. The molecule has 0 amide bonds. The van der Waals surface area contributed by atoms with Crippen molar-refractivity contribution < 1.29 is 0 Å². The maximum Gasteiger partial charge on any atom is 0.0794 e. The first-order valence-corrected chi connectivity index (χ1v) is 8.89. The van der Waals surface area contributed by atoms with Crippen LogP contribution < -0.4 is 0 Å². The molecule has 0 unspecified atom stereocenters. The lowest BCUT2D eigenvalue weighted by molar-refractivity contribution is 1.36. The van der Waals surface area contributed by atoms with Crippen LogP contribution in [-0.2, 0) is 0 Å². The molecular weight excluding hydrogens is 310 g/mol. The summed E-state index contributed by atoms with van der Waals surface area (Å²) in [7, 11) is 0. The van der Waals surface area contributed by atoms with Crippen LogP contribution in [0.5, 0.6) is 0 Å². The highest BCUT2D eigenvalue weighted by molar-refractivity contribution is 7.26. The van der Waals surface area contributed by atoms with E-state index in [9.17, 15) is 0 Å². The first-order chi connectivity index (χ1) is 11.8. The first kappa shape index (κ1) is 13.7. The van der Waals surface area contributed by atoms with E-state index in [1.807, 2.05) is 17.5 Å². The predicted octanol–water partition coefficient (Wildman–Crippen LogP) is 6.58. The lowest BCUT2D eigenvalue weighted by Gasteiger charge is -2.08. The zero-order chi connectivity index (χ0) is 16.1. The van der Waals surface area contributed by atoms with Crippen molar-refractivity contribution in [3.8, 4) is 11.3 Å². The summed E-state index contributed by atoms with van der Waals surface area (Å²) < 4.78 is 2.66. The van der Waals surface area contributed by atoms with Crippen molar-refractivity contribution in [1.82, 2.24) is 4.98 Å². The van der Waals surface area contributed by atoms with Gasteiger partial charge in [0.2, 0.25) is 0 Å². The zero-order valence-electron chi connectivity index (χ0n) is 13.3. The molecule has 0 saturated heterocycles. The molecule has 114 valence electrons. The number of aromatic nitrogens is 1. The van der Waals surface area contributed by atoms with Gasteiger partial charge in [0.25, 0.3) is 0 Å². The molecule has 1 nitrogen and oxygen atoms in total. The van der Waals surface area contributed by atoms with E-state index < -0.39 is 0 Å². The molecule has 5 rings (SSSR count). The monoisotopic (exact) mass is 325 g/mol. The molecule has 0 atom stereocenters. The Kier molecular flexibility index (Phi) is 2.94. The Labute approximate surface area is 144 Å². The Bertz CT molecular complexity index is 1210. The number of aryl methyl sites for hydroxylation is 1. The van der Waals surface area contributed by atoms with Crippen LogP contribution >= 0.6 is 11.3 Å². The highest BCUT2D eigenvalue weighted by Gasteiger charge is 2.14. The maximum absolute atomic E-state index is 4.75. The Balaban J connectivity index is 1.95. The van der Waals surface area contributed by atoms with Gasteiger partial charge in [0, 0.05) is 37.3 Å². The molecule has 5 aromatic rings. The van der Waals surface area contributed by atoms with Crippen LogP contribution in [0.15, 0.2) is 72.9 Å². The Morgan fingerprint density at radius 2 is 1.58 bits per heavy atom. The molecule has 0 fully saturated rings. The fourth-order valence-corrected chi connectivity index (χ4v) is 4.68. The van der Waals surface area contributed by atoms with E-state index in [4.69, 9.17) is 4.98 Å². The van der Waals surface area contributed by atoms with Crippen molar-refractivity contribution in [2.75, 3.05) is 0 Å². The second-order valence-electron chi connectivity index (χ2n) is 6.17. The Morgan fingerprint density at radius 1 is 0.792 bits per heavy atom. The number of benzene rings is 3. The average molecular weight is 325 g/mol. The molecule has 0 saturated carbocycles. The van der Waals surface area contributed by atoms with Crippen LogP contribution in [0.2, 0.25) is 0 Å². The summed E-state index contributed by atoms with van der Waals surface area (Å²) in [4.78, 5) is 4.75. The number of thiophene rings is 1. The summed E-state index contributed by atoms with van der Waals surface area (Å²) in [5.74, 6) is 0. The summed E-state index contributed by atoms with van der Waals surface area (Å²) in [6, 6.07) is 23.8. The van der Waals surface area contributed by atoms with Crippen molar-refractivity contribution in [3.63, 3.8) is 0 Å². The summed E-state index contributed by atoms with van der Waals surface area (Å²) in [6.07, 6.45) is 1.92. The number of pyridine rings is 1. The second kappa shape index (κ2) is 5.15. The largest absolute Gasteiger partial charge is 0.256 e. The van der Waals surface area contributed by atoms with Crippen molar-refractivity contribution in [2.45, 2.75) is 6.92 Å². The van der Waals surface area contributed by atoms with Crippen LogP contribution in [0.4, 0.5) is 0 Å². The Morgan fingerprint density at radius 3 is 2.50 bits per heavy atom. The van der Waals surface area contributed by atoms with Gasteiger partial charge in [0.15, 0.2) is 0 Å². The van der Waals surface area contributed by atoms with Crippen LogP contribution in [0.1, 0.15) is 5.56 Å². The quantitative estimate of drug-likeness (QED) is 0.339. The standard InChI is InChI=1S/C22H15NS/c1-14-12-18-17-8-4-5-9-20(17)24-22(18)19(13-14)21-16-7-3-2-6-15(16)10-11-23-21/h2-13H,1H3. The van der Waals surface area contributed by atoms with E-state index in [0.29, 0.717) is 0 Å². The van der Waals surface area contributed by atoms with E-state index in [2.05, 4.69) is 73.7 Å². The minimum atomic E-state index is 1.08. The summed E-state index contributed by atoms with van der Waals surface area (Å²) in [6.45, 7) is 2.17. The number of hydrogen-bond donors (Lipinski definition) is 0. The molecule has 0 aliphatic carbocycles. The van der Waals surface area contributed by atoms with Crippen molar-refractivity contribution in [1.29, 1.82) is 0 Å². The van der Waals surface area contributed by atoms with Gasteiger partial charge in [-0.25, -0.2) is 0 Å². The molecule has 2 heterocycles. The molecule has 3 aromatic carbocycles. The number of rotatable bonds is 1. The maximum atomic E-state index is 4.75. The SMILES string of the molecule is Cc1cc(-c2nccc3ccccc23)c2sc3ccccc3c2c1. The normalized spacial score (nSPS) is 11.5. The van der Waals surface area contributed by atoms with Gasteiger partial charge < -0.3 is 0 Å². The number of hydrogen-bond acceptors (Lipinski definition) is 2. The topological polar surface area (TPSA) is 12.9 Å². The van der Waals surface area contributed by atoms with Crippen LogP contribution in [0, 0.1) is 6.92 Å². The van der Waals surface area contributed by atoms with Gasteiger partial charge in [-0.1, -0.05) is 42.5 Å². The molecule has 0 spiro atoms. The van der Waals surface area contributed by atoms with Gasteiger partial charge in [0.05, 0.1) is 5.69 Å². The summed E-state index contributed by atoms with van der Waals surface area (Å²) in [5.41, 5.74) is 3.59. The minimum absolute atomic E-state index is 1.08. The van der Waals surface area contributed by atoms with E-state index in [1.165, 1.54) is 42.1 Å². The van der Waals surface area contributed by atoms with Crippen LogP contribution in [0.25, 0.3) is 42.2 Å². The summed E-state index contributed by atoms with van der Waals surface area (Å²) >= 11 is 1.86. The van der Waals surface area contributed by atoms with Crippen molar-refractivity contribution in [3.05, 3.63) is 78.5 Å². The van der Waals surface area contributed by atoms with Gasteiger partial charge >= 0.3 is 0 Å². The fourth-order valence-electron chi connectivity index (χ4n) is 3.48. The van der Waals surface area contributed by atoms with Gasteiger partial charge in [-0.2, -0.15) is 0 Å². The van der Waals surface area contributed by atoms with Gasteiger partial charge in [-0.05, 0) is 42.1 Å². The lowest BCUT2D eigenvalue weighted by Crippen LogP contribution is -1.87. The van der Waals surface area contributed by atoms with E-state index in [1.54, 1.807) is 0 Å². The number of nitrogens with zero attached hydrogens (tertiary/aromatic N) is 1. The number of fused-ring (bicyclic) bond motifs is 4. The molecule has 24 heavy (non-hydrogen) atoms. The average Bonchev–Trinajstić information content (AvgIpc) is 2.99. The first-order valence-electron chi connectivity index (χ1n) is 8.07. The van der Waals surface area contributed by atoms with Gasteiger partial charge in [-0.3, -0.25) is 4.98 Å². The molecular formula is C22H15NS. The highest BCUT2D eigenvalue weighted by Crippen LogP contribution is 2.41. The van der Waals surface area contributed by atoms with E-state index in [-0.39, 0.29) is 0 Å². The minimum Gasteiger partial charge on any atom is -0.256 e. The van der Waals surface area contributed by atoms with Crippen LogP contribution in [-0.4, -0.2) is 4.98 Å². The molecule has 0 aliphatic heterocycles. The van der Waals surface area contributed by atoms with Gasteiger partial charge in [0.1, 0.15) is 0 Å². The molecule has 0 radical (unpaired) electrons. The smallest absolute Gasteiger partial charge is 0.0794 e. The molecule has 0 N–H and O–H groups in total. The van der Waals surface area contributed by atoms with E-state index >= 15 is 0 Å². The third-order valence-electron chi connectivity index (χ3n) is 4.55. The third-order valence-corrected chi connectivity index (χ3v) is 5.77.